The molecule has 3 nitrogen and oxygen atoms in total. The maximum Gasteiger partial charge on any atom is 0.373 e. The third-order valence-electron chi connectivity index (χ3n) is 5.39. The van der Waals surface area contributed by atoms with Gasteiger partial charge in [-0.15, -0.1) is 0 Å². The summed E-state index contributed by atoms with van der Waals surface area (Å²) in [5.41, 5.74) is 1.84. The van der Waals surface area contributed by atoms with Gasteiger partial charge in [0.05, 0.1) is 5.56 Å². The Morgan fingerprint density at radius 3 is 2.54 bits per heavy atom. The van der Waals surface area contributed by atoms with E-state index in [0.29, 0.717) is 17.4 Å². The van der Waals surface area contributed by atoms with Gasteiger partial charge in [-0.1, -0.05) is 65.0 Å². The summed E-state index contributed by atoms with van der Waals surface area (Å²) >= 11 is 0. The predicted molar refractivity (Wildman–Crippen MR) is 96.8 cm³/mol. The Balaban J connectivity index is 1.77. The minimum atomic E-state index is -0.391. The van der Waals surface area contributed by atoms with Gasteiger partial charge in [0, 0.05) is 0 Å². The Kier molecular flexibility index (Phi) is 7.77. The minimum absolute atomic E-state index is 0.0236. The van der Waals surface area contributed by atoms with Crippen molar-refractivity contribution in [1.82, 2.24) is 0 Å². The SMILES string of the molecule is CCCCCCc1ccc(C(=O)OOC2CCCC(C)C2C)cc1. The average molecular weight is 332 g/mol. The van der Waals surface area contributed by atoms with Gasteiger partial charge in [-0.3, -0.25) is 4.89 Å². The molecule has 3 heteroatoms. The highest BCUT2D eigenvalue weighted by atomic mass is 17.2. The third kappa shape index (κ3) is 5.62. The number of unbranched alkanes of at least 4 members (excludes halogenated alkanes) is 3. The van der Waals surface area contributed by atoms with Crippen LogP contribution in [0.25, 0.3) is 0 Å². The molecule has 2 rings (SSSR count). The van der Waals surface area contributed by atoms with Crippen molar-refractivity contribution in [3.05, 3.63) is 35.4 Å². The van der Waals surface area contributed by atoms with E-state index in [2.05, 4.69) is 20.8 Å². The lowest BCUT2D eigenvalue weighted by molar-refractivity contribution is -0.292. The summed E-state index contributed by atoms with van der Waals surface area (Å²) in [7, 11) is 0. The van der Waals surface area contributed by atoms with Crippen LogP contribution in [0.4, 0.5) is 0 Å². The molecule has 0 saturated heterocycles. The fraction of sp³-hybridized carbons (Fsp3) is 0.667. The predicted octanol–water partition coefficient (Wildman–Crippen LogP) is 5.72. The van der Waals surface area contributed by atoms with Gasteiger partial charge in [0.25, 0.3) is 0 Å². The zero-order chi connectivity index (χ0) is 17.4. The lowest BCUT2D eigenvalue weighted by atomic mass is 9.80. The fourth-order valence-corrected chi connectivity index (χ4v) is 3.39. The number of rotatable bonds is 8. The molecule has 0 radical (unpaired) electrons. The van der Waals surface area contributed by atoms with Gasteiger partial charge in [-0.2, -0.15) is 4.89 Å². The molecule has 0 heterocycles. The lowest BCUT2D eigenvalue weighted by Crippen LogP contribution is -2.31. The Bertz CT molecular complexity index is 494. The molecule has 0 aliphatic heterocycles. The number of benzene rings is 1. The van der Waals surface area contributed by atoms with Crippen LogP contribution in [0.5, 0.6) is 0 Å². The van der Waals surface area contributed by atoms with E-state index < -0.39 is 5.97 Å². The normalized spacial score (nSPS) is 23.9. The van der Waals surface area contributed by atoms with Crippen molar-refractivity contribution < 1.29 is 14.6 Å². The average Bonchev–Trinajstić information content (AvgIpc) is 2.60. The summed E-state index contributed by atoms with van der Waals surface area (Å²) in [6.07, 6.45) is 9.46. The monoisotopic (exact) mass is 332 g/mol. The Labute approximate surface area is 146 Å². The summed E-state index contributed by atoms with van der Waals surface area (Å²) in [4.78, 5) is 22.7. The van der Waals surface area contributed by atoms with Gasteiger partial charge < -0.3 is 0 Å². The van der Waals surface area contributed by atoms with Gasteiger partial charge in [0.15, 0.2) is 0 Å². The van der Waals surface area contributed by atoms with E-state index >= 15 is 0 Å². The van der Waals surface area contributed by atoms with Crippen LogP contribution in [0.3, 0.4) is 0 Å². The minimum Gasteiger partial charge on any atom is -0.293 e. The van der Waals surface area contributed by atoms with Crippen LogP contribution in [0.1, 0.15) is 81.6 Å². The quantitative estimate of drug-likeness (QED) is 0.347. The van der Waals surface area contributed by atoms with Crippen molar-refractivity contribution in [2.24, 2.45) is 11.8 Å². The third-order valence-corrected chi connectivity index (χ3v) is 5.39. The Morgan fingerprint density at radius 1 is 1.08 bits per heavy atom. The molecular formula is C21H32O3. The van der Waals surface area contributed by atoms with E-state index in [4.69, 9.17) is 9.78 Å². The van der Waals surface area contributed by atoms with Crippen LogP contribution in [0.2, 0.25) is 0 Å². The first-order chi connectivity index (χ1) is 11.6. The molecule has 1 saturated carbocycles. The molecule has 0 aromatic heterocycles. The molecule has 1 aliphatic rings. The molecule has 1 fully saturated rings. The van der Waals surface area contributed by atoms with Crippen molar-refractivity contribution in [3.8, 4) is 0 Å². The van der Waals surface area contributed by atoms with Crippen molar-refractivity contribution in [2.45, 2.75) is 78.2 Å². The van der Waals surface area contributed by atoms with Crippen LogP contribution >= 0.6 is 0 Å². The lowest BCUT2D eigenvalue weighted by Gasteiger charge is -2.32. The van der Waals surface area contributed by atoms with Gasteiger partial charge in [-0.05, 0) is 48.8 Å². The first-order valence-corrected chi connectivity index (χ1v) is 9.58. The van der Waals surface area contributed by atoms with Crippen molar-refractivity contribution in [1.29, 1.82) is 0 Å². The second-order valence-corrected chi connectivity index (χ2v) is 7.28. The largest absolute Gasteiger partial charge is 0.373 e. The Morgan fingerprint density at radius 2 is 1.83 bits per heavy atom. The molecule has 1 aromatic rings. The fourth-order valence-electron chi connectivity index (χ4n) is 3.39. The Hall–Kier alpha value is -1.35. The zero-order valence-corrected chi connectivity index (χ0v) is 15.4. The molecule has 1 aliphatic carbocycles. The maximum absolute atomic E-state index is 12.1. The molecule has 0 amide bonds. The summed E-state index contributed by atoms with van der Waals surface area (Å²) in [5, 5.41) is 0. The first kappa shape index (κ1) is 19.0. The summed E-state index contributed by atoms with van der Waals surface area (Å²) < 4.78 is 0. The first-order valence-electron chi connectivity index (χ1n) is 9.58. The summed E-state index contributed by atoms with van der Waals surface area (Å²) in [5.74, 6) is 0.657. The highest BCUT2D eigenvalue weighted by Gasteiger charge is 2.29. The molecule has 0 bridgehead atoms. The van der Waals surface area contributed by atoms with Crippen LogP contribution in [-0.2, 0) is 16.2 Å². The molecule has 134 valence electrons. The molecule has 0 N–H and O–H groups in total. The van der Waals surface area contributed by atoms with Crippen LogP contribution < -0.4 is 0 Å². The second-order valence-electron chi connectivity index (χ2n) is 7.28. The number of carbonyl (C=O) groups excluding carboxylic acids is 1. The second kappa shape index (κ2) is 9.83. The van der Waals surface area contributed by atoms with Crippen molar-refractivity contribution in [2.75, 3.05) is 0 Å². The molecule has 3 atom stereocenters. The van der Waals surface area contributed by atoms with Crippen molar-refractivity contribution >= 4 is 5.97 Å². The van der Waals surface area contributed by atoms with E-state index in [-0.39, 0.29) is 6.10 Å². The zero-order valence-electron chi connectivity index (χ0n) is 15.4. The van der Waals surface area contributed by atoms with Crippen LogP contribution in [0, 0.1) is 11.8 Å². The van der Waals surface area contributed by atoms with E-state index in [9.17, 15) is 4.79 Å². The van der Waals surface area contributed by atoms with Gasteiger partial charge in [-0.25, -0.2) is 4.79 Å². The molecule has 24 heavy (non-hydrogen) atoms. The summed E-state index contributed by atoms with van der Waals surface area (Å²) in [6, 6.07) is 7.73. The van der Waals surface area contributed by atoms with Crippen LogP contribution in [-0.4, -0.2) is 12.1 Å². The highest BCUT2D eigenvalue weighted by Crippen LogP contribution is 2.31. The number of carbonyl (C=O) groups is 1. The molecular weight excluding hydrogens is 300 g/mol. The van der Waals surface area contributed by atoms with Crippen molar-refractivity contribution in [3.63, 3.8) is 0 Å². The maximum atomic E-state index is 12.1. The molecule has 0 spiro atoms. The van der Waals surface area contributed by atoms with Crippen LogP contribution in [0.15, 0.2) is 24.3 Å². The van der Waals surface area contributed by atoms with E-state index in [1.54, 1.807) is 0 Å². The van der Waals surface area contributed by atoms with Gasteiger partial charge in [0.1, 0.15) is 6.10 Å². The number of aryl methyl sites for hydroxylation is 1. The topological polar surface area (TPSA) is 35.5 Å². The van der Waals surface area contributed by atoms with Gasteiger partial charge in [0.2, 0.25) is 0 Å². The van der Waals surface area contributed by atoms with Gasteiger partial charge >= 0.3 is 5.97 Å². The number of hydrogen-bond donors (Lipinski definition) is 0. The molecule has 3 unspecified atom stereocenters. The highest BCUT2D eigenvalue weighted by molar-refractivity contribution is 5.88. The number of hydrogen-bond acceptors (Lipinski definition) is 3. The smallest absolute Gasteiger partial charge is 0.293 e. The van der Waals surface area contributed by atoms with E-state index in [1.807, 2.05) is 24.3 Å². The van der Waals surface area contributed by atoms with E-state index in [0.717, 1.165) is 19.3 Å². The summed E-state index contributed by atoms with van der Waals surface area (Å²) in [6.45, 7) is 6.63. The van der Waals surface area contributed by atoms with E-state index in [1.165, 1.54) is 37.7 Å². The standard InChI is InChI=1S/C21H32O3/c1-4-5-6-7-10-18-12-14-19(15-13-18)21(22)24-23-20-11-8-9-16(2)17(20)3/h12-17,20H,4-11H2,1-3H3. The molecule has 1 aromatic carbocycles.